The molecule has 0 spiro atoms. The summed E-state index contributed by atoms with van der Waals surface area (Å²) in [7, 11) is 0. The number of thiazole rings is 1. The molecule has 2 aromatic carbocycles. The predicted octanol–water partition coefficient (Wildman–Crippen LogP) is 5.64. The first-order valence-electron chi connectivity index (χ1n) is 10.5. The average Bonchev–Trinajstić information content (AvgIpc) is 3.09. The van der Waals surface area contributed by atoms with E-state index >= 15 is 0 Å². The third kappa shape index (κ3) is 6.40. The molecule has 0 aliphatic heterocycles. The van der Waals surface area contributed by atoms with E-state index < -0.39 is 23.1 Å². The zero-order chi connectivity index (χ0) is 23.4. The Hall–Kier alpha value is -3.19. The molecule has 0 saturated carbocycles. The molecule has 6 nitrogen and oxygen atoms in total. The Morgan fingerprint density at radius 2 is 1.53 bits per heavy atom. The first kappa shape index (κ1) is 23.5. The standard InChI is InChI=1S/C25H29N3O3S/c1-24(2,3)28-23(30)31-25(4,5)21(29)27-22-26-20(18-14-10-7-11-15-18)19(32-22)16-17-12-8-6-9-13-17/h6-15H,16H2,1-5H3,(H,28,30)(H,26,27,29). The fraction of sp³-hybridized carbons (Fsp3) is 0.320. The third-order valence-electron chi connectivity index (χ3n) is 4.54. The van der Waals surface area contributed by atoms with Gasteiger partial charge in [0.2, 0.25) is 0 Å². The molecule has 2 amide bonds. The summed E-state index contributed by atoms with van der Waals surface area (Å²) in [5, 5.41) is 6.00. The molecule has 0 bridgehead atoms. The largest absolute Gasteiger partial charge is 0.433 e. The van der Waals surface area contributed by atoms with Crippen molar-refractivity contribution in [2.45, 2.75) is 52.2 Å². The number of amides is 2. The number of aromatic nitrogens is 1. The minimum atomic E-state index is -1.37. The summed E-state index contributed by atoms with van der Waals surface area (Å²) in [6.07, 6.45) is 0.0541. The molecular weight excluding hydrogens is 422 g/mol. The average molecular weight is 452 g/mol. The van der Waals surface area contributed by atoms with Crippen LogP contribution in [0.2, 0.25) is 0 Å². The van der Waals surface area contributed by atoms with Crippen molar-refractivity contribution in [3.63, 3.8) is 0 Å². The monoisotopic (exact) mass is 451 g/mol. The SMILES string of the molecule is CC(C)(C)NC(=O)OC(C)(C)C(=O)Nc1nc(-c2ccccc2)c(Cc2ccccc2)s1. The summed E-state index contributed by atoms with van der Waals surface area (Å²) >= 11 is 1.42. The Bertz CT molecular complexity index is 1070. The summed E-state index contributed by atoms with van der Waals surface area (Å²) in [6, 6.07) is 20.0. The second-order valence-corrected chi connectivity index (χ2v) is 10.1. The Labute approximate surface area is 193 Å². The highest BCUT2D eigenvalue weighted by Crippen LogP contribution is 2.33. The van der Waals surface area contributed by atoms with Gasteiger partial charge in [0.15, 0.2) is 10.7 Å². The van der Waals surface area contributed by atoms with Crippen molar-refractivity contribution in [2.75, 3.05) is 5.32 Å². The van der Waals surface area contributed by atoms with Gasteiger partial charge < -0.3 is 10.1 Å². The van der Waals surface area contributed by atoms with Crippen LogP contribution in [0.3, 0.4) is 0 Å². The molecule has 0 aliphatic carbocycles. The summed E-state index contributed by atoms with van der Waals surface area (Å²) in [5.41, 5.74) is 1.14. The van der Waals surface area contributed by atoms with Gasteiger partial charge in [0.05, 0.1) is 5.69 Å². The van der Waals surface area contributed by atoms with E-state index in [0.29, 0.717) is 11.6 Å². The molecular formula is C25H29N3O3S. The van der Waals surface area contributed by atoms with Gasteiger partial charge in [-0.15, -0.1) is 11.3 Å². The summed E-state index contributed by atoms with van der Waals surface area (Å²) in [4.78, 5) is 30.8. The molecule has 7 heteroatoms. The zero-order valence-electron chi connectivity index (χ0n) is 19.1. The maximum Gasteiger partial charge on any atom is 0.408 e. The molecule has 3 rings (SSSR count). The van der Waals surface area contributed by atoms with E-state index in [1.165, 1.54) is 11.3 Å². The topological polar surface area (TPSA) is 80.3 Å². The third-order valence-corrected chi connectivity index (χ3v) is 5.52. The van der Waals surface area contributed by atoms with Crippen LogP contribution in [0.5, 0.6) is 0 Å². The molecule has 2 N–H and O–H groups in total. The molecule has 168 valence electrons. The van der Waals surface area contributed by atoms with E-state index in [1.807, 2.05) is 69.3 Å². The fourth-order valence-electron chi connectivity index (χ4n) is 2.99. The van der Waals surface area contributed by atoms with Crippen LogP contribution in [0, 0.1) is 0 Å². The molecule has 0 aliphatic rings. The number of alkyl carbamates (subject to hydrolysis) is 1. The molecule has 0 fully saturated rings. The number of hydrogen-bond donors (Lipinski definition) is 2. The van der Waals surface area contributed by atoms with Gasteiger partial charge in [-0.1, -0.05) is 60.7 Å². The number of ether oxygens (including phenoxy) is 1. The van der Waals surface area contributed by atoms with E-state index in [2.05, 4.69) is 22.8 Å². The van der Waals surface area contributed by atoms with E-state index in [9.17, 15) is 9.59 Å². The minimum Gasteiger partial charge on any atom is -0.433 e. The maximum absolute atomic E-state index is 12.9. The van der Waals surface area contributed by atoms with Crippen molar-refractivity contribution in [3.8, 4) is 11.3 Å². The number of carbonyl (C=O) groups is 2. The first-order valence-corrected chi connectivity index (χ1v) is 11.3. The van der Waals surface area contributed by atoms with E-state index in [-0.39, 0.29) is 0 Å². The van der Waals surface area contributed by atoms with Crippen LogP contribution >= 0.6 is 11.3 Å². The number of nitrogens with zero attached hydrogens (tertiary/aromatic N) is 1. The van der Waals surface area contributed by atoms with Crippen LogP contribution < -0.4 is 10.6 Å². The molecule has 0 saturated heterocycles. The second kappa shape index (κ2) is 9.53. The summed E-state index contributed by atoms with van der Waals surface area (Å²) in [5.74, 6) is -0.443. The van der Waals surface area contributed by atoms with Gasteiger partial charge in [0.25, 0.3) is 5.91 Å². The van der Waals surface area contributed by atoms with Gasteiger partial charge in [-0.3, -0.25) is 10.1 Å². The molecule has 1 heterocycles. The first-order chi connectivity index (χ1) is 15.0. The lowest BCUT2D eigenvalue weighted by Gasteiger charge is -2.27. The smallest absolute Gasteiger partial charge is 0.408 e. The number of benzene rings is 2. The van der Waals surface area contributed by atoms with Crippen LogP contribution in [0.1, 0.15) is 45.1 Å². The highest BCUT2D eigenvalue weighted by molar-refractivity contribution is 7.16. The van der Waals surface area contributed by atoms with Crippen molar-refractivity contribution < 1.29 is 14.3 Å². The highest BCUT2D eigenvalue weighted by Gasteiger charge is 2.34. The second-order valence-electron chi connectivity index (χ2n) is 9.05. The van der Waals surface area contributed by atoms with Gasteiger partial charge in [-0.25, -0.2) is 9.78 Å². The van der Waals surface area contributed by atoms with Crippen molar-refractivity contribution in [3.05, 3.63) is 71.1 Å². The van der Waals surface area contributed by atoms with E-state index in [1.54, 1.807) is 13.8 Å². The van der Waals surface area contributed by atoms with Crippen LogP contribution in [-0.4, -0.2) is 28.1 Å². The van der Waals surface area contributed by atoms with Gasteiger partial charge in [0.1, 0.15) is 0 Å². The minimum absolute atomic E-state index is 0.443. The van der Waals surface area contributed by atoms with Crippen LogP contribution in [-0.2, 0) is 16.0 Å². The lowest BCUT2D eigenvalue weighted by atomic mass is 10.1. The predicted molar refractivity (Wildman–Crippen MR) is 129 cm³/mol. The quantitative estimate of drug-likeness (QED) is 0.508. The Balaban J connectivity index is 1.81. The molecule has 32 heavy (non-hydrogen) atoms. The molecule has 0 radical (unpaired) electrons. The van der Waals surface area contributed by atoms with Crippen LogP contribution in [0.4, 0.5) is 9.93 Å². The lowest BCUT2D eigenvalue weighted by molar-refractivity contribution is -0.131. The van der Waals surface area contributed by atoms with E-state index in [4.69, 9.17) is 9.72 Å². The molecule has 3 aromatic rings. The number of carbonyl (C=O) groups excluding carboxylic acids is 2. The highest BCUT2D eigenvalue weighted by atomic mass is 32.1. The number of anilines is 1. The number of nitrogens with one attached hydrogen (secondary N) is 2. The molecule has 1 aromatic heterocycles. The van der Waals surface area contributed by atoms with Crippen LogP contribution in [0.25, 0.3) is 11.3 Å². The molecule has 0 unspecified atom stereocenters. The number of hydrogen-bond acceptors (Lipinski definition) is 5. The summed E-state index contributed by atoms with van der Waals surface area (Å²) < 4.78 is 5.38. The fourth-order valence-corrected chi connectivity index (χ4v) is 4.00. The zero-order valence-corrected chi connectivity index (χ0v) is 19.9. The van der Waals surface area contributed by atoms with Gasteiger partial charge in [-0.2, -0.15) is 0 Å². The number of rotatable bonds is 6. The van der Waals surface area contributed by atoms with Crippen LogP contribution in [0.15, 0.2) is 60.7 Å². The van der Waals surface area contributed by atoms with Crippen molar-refractivity contribution in [2.24, 2.45) is 0 Å². The van der Waals surface area contributed by atoms with E-state index in [0.717, 1.165) is 21.7 Å². The molecule has 0 atom stereocenters. The maximum atomic E-state index is 12.9. The Kier molecular flexibility index (Phi) is 6.99. The van der Waals surface area contributed by atoms with Gasteiger partial charge in [0, 0.05) is 22.4 Å². The van der Waals surface area contributed by atoms with Crippen molar-refractivity contribution in [1.82, 2.24) is 10.3 Å². The van der Waals surface area contributed by atoms with Gasteiger partial charge >= 0.3 is 6.09 Å². The normalized spacial score (nSPS) is 11.7. The lowest BCUT2D eigenvalue weighted by Crippen LogP contribution is -2.48. The Morgan fingerprint density at radius 1 is 0.938 bits per heavy atom. The van der Waals surface area contributed by atoms with Gasteiger partial charge in [-0.05, 0) is 40.2 Å². The van der Waals surface area contributed by atoms with Crippen molar-refractivity contribution >= 4 is 28.5 Å². The van der Waals surface area contributed by atoms with Crippen molar-refractivity contribution in [1.29, 1.82) is 0 Å². The Morgan fingerprint density at radius 3 is 2.12 bits per heavy atom. The summed E-state index contributed by atoms with van der Waals surface area (Å²) in [6.45, 7) is 8.64.